The summed E-state index contributed by atoms with van der Waals surface area (Å²) in [7, 11) is 0. The molecule has 3 heteroatoms. The van der Waals surface area contributed by atoms with E-state index in [0.29, 0.717) is 15.2 Å². The van der Waals surface area contributed by atoms with Crippen molar-refractivity contribution in [1.29, 1.82) is 0 Å². The Balaban J connectivity index is 1.55. The number of fused-ring (bicyclic) bond motifs is 2. The van der Waals surface area contributed by atoms with E-state index >= 15 is 0 Å². The molecule has 0 aliphatic heterocycles. The Morgan fingerprint density at radius 3 is 1.61 bits per heavy atom. The van der Waals surface area contributed by atoms with Gasteiger partial charge in [0.15, 0.2) is 0 Å². The molecule has 0 bridgehead atoms. The molecule has 23 heavy (non-hydrogen) atoms. The summed E-state index contributed by atoms with van der Waals surface area (Å²) >= 11 is 0.296. The van der Waals surface area contributed by atoms with E-state index in [1.807, 2.05) is 24.5 Å². The van der Waals surface area contributed by atoms with Gasteiger partial charge in [-0.25, -0.2) is 0 Å². The first-order valence-corrected chi connectivity index (χ1v) is 9.52. The molecule has 0 N–H and O–H groups in total. The second-order valence-electron chi connectivity index (χ2n) is 5.68. The van der Waals surface area contributed by atoms with Crippen LogP contribution in [0, 0.1) is 0 Å². The molecule has 2 aromatic heterocycles. The van der Waals surface area contributed by atoms with Gasteiger partial charge in [0.1, 0.15) is 0 Å². The van der Waals surface area contributed by atoms with Crippen molar-refractivity contribution in [1.82, 2.24) is 9.97 Å². The zero-order chi connectivity index (χ0) is 15.5. The number of rotatable bonds is 4. The van der Waals surface area contributed by atoms with Crippen molar-refractivity contribution in [3.63, 3.8) is 0 Å². The topological polar surface area (TPSA) is 25.8 Å². The Morgan fingerprint density at radius 2 is 1.09 bits per heavy atom. The van der Waals surface area contributed by atoms with Gasteiger partial charge in [0.2, 0.25) is 15.2 Å². The summed E-state index contributed by atoms with van der Waals surface area (Å²) in [5.41, 5.74) is 5.04. The van der Waals surface area contributed by atoms with Gasteiger partial charge in [-0.2, -0.15) is 0 Å². The molecule has 0 atom stereocenters. The van der Waals surface area contributed by atoms with Crippen LogP contribution < -0.4 is 0 Å². The third-order valence-corrected chi connectivity index (χ3v) is 5.62. The predicted octanol–water partition coefficient (Wildman–Crippen LogP) is 4.19. The minimum atomic E-state index is 0.296. The van der Waals surface area contributed by atoms with Crippen molar-refractivity contribution in [2.45, 2.75) is 10.6 Å². The maximum Gasteiger partial charge on any atom is 0.214 e. The molecule has 2 nitrogen and oxygen atoms in total. The summed E-state index contributed by atoms with van der Waals surface area (Å²) in [5.74, 6) is 0. The van der Waals surface area contributed by atoms with Gasteiger partial charge in [0, 0.05) is 23.2 Å². The predicted molar refractivity (Wildman–Crippen MR) is 96.6 cm³/mol. The molecule has 0 amide bonds. The van der Waals surface area contributed by atoms with Crippen molar-refractivity contribution in [2.75, 3.05) is 0 Å². The molecule has 0 saturated heterocycles. The summed E-state index contributed by atoms with van der Waals surface area (Å²) < 4.78 is 0. The number of para-hydroxylation sites is 2. The molecule has 2 aromatic carbocycles. The van der Waals surface area contributed by atoms with Gasteiger partial charge in [0.25, 0.3) is 0 Å². The van der Waals surface area contributed by atoms with Gasteiger partial charge >= 0.3 is 0 Å². The third kappa shape index (κ3) is 2.99. The number of aromatic nitrogens is 2. The van der Waals surface area contributed by atoms with Crippen LogP contribution in [0.25, 0.3) is 21.8 Å². The second kappa shape index (κ2) is 6.50. The highest BCUT2D eigenvalue weighted by molar-refractivity contribution is 6.35. The summed E-state index contributed by atoms with van der Waals surface area (Å²) in [6.07, 6.45) is 3.77. The smallest absolute Gasteiger partial charge is 0.214 e. The maximum absolute atomic E-state index is 4.56. The molecule has 4 aromatic rings. The van der Waals surface area contributed by atoms with Crippen LogP contribution in [0.1, 0.15) is 11.1 Å². The van der Waals surface area contributed by atoms with E-state index in [9.17, 15) is 0 Å². The van der Waals surface area contributed by atoms with Gasteiger partial charge < -0.3 is 0 Å². The van der Waals surface area contributed by atoms with E-state index in [4.69, 9.17) is 0 Å². The number of pyridine rings is 2. The average Bonchev–Trinajstić information content (AvgIpc) is 2.62. The number of hydrogen-bond acceptors (Lipinski definition) is 2. The fraction of sp³-hybridized carbons (Fsp3) is 0.100. The molecule has 0 saturated carbocycles. The van der Waals surface area contributed by atoms with Crippen LogP contribution >= 0.6 is 0 Å². The van der Waals surface area contributed by atoms with Crippen LogP contribution in [-0.2, 0) is 10.6 Å². The molecule has 0 fully saturated rings. The fourth-order valence-electron chi connectivity index (χ4n) is 3.05. The number of hydrogen-bond donors (Lipinski definition) is 0. The number of benzene rings is 2. The molecule has 109 valence electrons. The van der Waals surface area contributed by atoms with E-state index in [-0.39, 0.29) is 0 Å². The van der Waals surface area contributed by atoms with Crippen molar-refractivity contribution >= 4 is 37.0 Å². The van der Waals surface area contributed by atoms with Crippen molar-refractivity contribution in [3.8, 4) is 0 Å². The van der Waals surface area contributed by atoms with E-state index in [1.165, 1.54) is 21.9 Å². The van der Waals surface area contributed by atoms with Crippen LogP contribution in [0.5, 0.6) is 0 Å². The third-order valence-electron chi connectivity index (χ3n) is 4.16. The SMILES string of the molecule is c1cnc2c([CH2][Al][CH2]c3cccc4cccnc34)cccc2c1. The van der Waals surface area contributed by atoms with Crippen LogP contribution in [0.15, 0.2) is 73.1 Å². The van der Waals surface area contributed by atoms with Crippen LogP contribution in [0.4, 0.5) is 0 Å². The zero-order valence-electron chi connectivity index (χ0n) is 12.8. The normalized spacial score (nSPS) is 11.0. The fourth-order valence-corrected chi connectivity index (χ4v) is 4.47. The molecule has 1 radical (unpaired) electrons. The molecule has 0 unspecified atom stereocenters. The Morgan fingerprint density at radius 1 is 0.609 bits per heavy atom. The molecule has 2 heterocycles. The van der Waals surface area contributed by atoms with E-state index < -0.39 is 0 Å². The molecule has 0 aliphatic rings. The Labute approximate surface area is 141 Å². The number of nitrogens with zero attached hydrogens (tertiary/aromatic N) is 2. The van der Waals surface area contributed by atoms with Crippen LogP contribution in [0.3, 0.4) is 0 Å². The largest absolute Gasteiger partial charge is 0.256 e. The molecular weight excluding hydrogens is 295 g/mol. The summed E-state index contributed by atoms with van der Waals surface area (Å²) in [4.78, 5) is 9.12. The monoisotopic (exact) mass is 311 g/mol. The Kier molecular flexibility index (Phi) is 4.07. The lowest BCUT2D eigenvalue weighted by Crippen LogP contribution is -2.03. The summed E-state index contributed by atoms with van der Waals surface area (Å²) in [6.45, 7) is 0. The van der Waals surface area contributed by atoms with Crippen LogP contribution in [-0.4, -0.2) is 25.2 Å². The minimum absolute atomic E-state index is 0.296. The van der Waals surface area contributed by atoms with Crippen molar-refractivity contribution in [2.24, 2.45) is 0 Å². The summed E-state index contributed by atoms with van der Waals surface area (Å²) in [6, 6.07) is 21.2. The molecule has 0 aliphatic carbocycles. The van der Waals surface area contributed by atoms with E-state index in [2.05, 4.69) is 58.5 Å². The highest BCUT2D eigenvalue weighted by Gasteiger charge is 2.06. The van der Waals surface area contributed by atoms with Gasteiger partial charge in [-0.1, -0.05) is 59.1 Å². The first-order valence-electron chi connectivity index (χ1n) is 7.89. The first kappa shape index (κ1) is 14.4. The highest BCUT2D eigenvalue weighted by Crippen LogP contribution is 2.18. The molecular formula is C20H16AlN2. The van der Waals surface area contributed by atoms with Crippen molar-refractivity contribution < 1.29 is 0 Å². The lowest BCUT2D eigenvalue weighted by molar-refractivity contribution is 1.28. The van der Waals surface area contributed by atoms with Gasteiger partial charge in [0.05, 0.1) is 11.0 Å². The quantitative estimate of drug-likeness (QED) is 0.528. The lowest BCUT2D eigenvalue weighted by Gasteiger charge is -2.07. The van der Waals surface area contributed by atoms with E-state index in [0.717, 1.165) is 21.6 Å². The Hall–Kier alpha value is -2.21. The highest BCUT2D eigenvalue weighted by atomic mass is 27.1. The molecule has 0 spiro atoms. The first-order chi connectivity index (χ1) is 11.4. The Bertz CT molecular complexity index is 876. The van der Waals surface area contributed by atoms with Crippen LogP contribution in [0.2, 0.25) is 0 Å². The van der Waals surface area contributed by atoms with E-state index in [1.54, 1.807) is 0 Å². The van der Waals surface area contributed by atoms with Crippen molar-refractivity contribution in [3.05, 3.63) is 84.2 Å². The minimum Gasteiger partial charge on any atom is -0.256 e. The lowest BCUT2D eigenvalue weighted by atomic mass is 10.1. The van der Waals surface area contributed by atoms with Gasteiger partial charge in [-0.3, -0.25) is 9.97 Å². The van der Waals surface area contributed by atoms with Gasteiger partial charge in [-0.15, -0.1) is 0 Å². The molecule has 4 rings (SSSR count). The summed E-state index contributed by atoms with van der Waals surface area (Å²) in [5, 5.41) is 4.71. The van der Waals surface area contributed by atoms with Gasteiger partial charge in [-0.05, 0) is 23.3 Å². The maximum atomic E-state index is 4.56. The average molecular weight is 311 g/mol. The second-order valence-corrected chi connectivity index (χ2v) is 7.08. The zero-order valence-corrected chi connectivity index (χ0v) is 14.0. The standard InChI is InChI=1S/2C10H8N.Al/c2*1-8-4-2-5-9-6-3-7-11-10(8)9;/h2*2-7H,1H2;.